The van der Waals surface area contributed by atoms with E-state index in [1.807, 2.05) is 18.3 Å². The zero-order valence-electron chi connectivity index (χ0n) is 12.8. The molecular weight excluding hydrogens is 278 g/mol. The maximum Gasteiger partial charge on any atom is 0.106 e. The van der Waals surface area contributed by atoms with Crippen molar-refractivity contribution in [2.75, 3.05) is 6.54 Å². The van der Waals surface area contributed by atoms with Crippen LogP contribution >= 0.6 is 11.3 Å². The van der Waals surface area contributed by atoms with E-state index in [4.69, 9.17) is 4.42 Å². The van der Waals surface area contributed by atoms with Gasteiger partial charge in [-0.1, -0.05) is 25.1 Å². The van der Waals surface area contributed by atoms with Crippen molar-refractivity contribution in [2.45, 2.75) is 33.2 Å². The van der Waals surface area contributed by atoms with E-state index in [2.05, 4.69) is 54.9 Å². The van der Waals surface area contributed by atoms with Gasteiger partial charge in [0.2, 0.25) is 0 Å². The molecule has 1 atom stereocenters. The summed E-state index contributed by atoms with van der Waals surface area (Å²) in [5, 5.41) is 7.17. The fourth-order valence-corrected chi connectivity index (χ4v) is 3.80. The van der Waals surface area contributed by atoms with Crippen LogP contribution in [0.15, 0.2) is 40.1 Å². The molecular formula is C18H21NOS. The smallest absolute Gasteiger partial charge is 0.106 e. The van der Waals surface area contributed by atoms with Crippen LogP contribution in [0.25, 0.3) is 10.1 Å². The summed E-state index contributed by atoms with van der Waals surface area (Å²) in [5.41, 5.74) is 2.60. The molecule has 21 heavy (non-hydrogen) atoms. The average molecular weight is 299 g/mol. The Bertz CT molecular complexity index is 741. The minimum atomic E-state index is 0.199. The minimum Gasteiger partial charge on any atom is -0.466 e. The third-order valence-corrected chi connectivity index (χ3v) is 4.79. The molecule has 0 bridgehead atoms. The molecule has 1 aromatic carbocycles. The molecule has 0 fully saturated rings. The standard InChI is InChI=1S/C18H21NOS/c1-4-9-19-17(16-11-12(2)20-13(16)3)15-7-5-6-14-8-10-21-18(14)15/h5-8,10-11,17,19H,4,9H2,1-3H3. The molecule has 0 saturated carbocycles. The Morgan fingerprint density at radius 1 is 1.19 bits per heavy atom. The van der Waals surface area contributed by atoms with E-state index in [0.717, 1.165) is 24.5 Å². The highest BCUT2D eigenvalue weighted by Gasteiger charge is 2.20. The van der Waals surface area contributed by atoms with Crippen LogP contribution in [-0.4, -0.2) is 6.54 Å². The van der Waals surface area contributed by atoms with E-state index in [1.54, 1.807) is 0 Å². The Balaban J connectivity index is 2.11. The number of benzene rings is 1. The predicted molar refractivity (Wildman–Crippen MR) is 90.1 cm³/mol. The van der Waals surface area contributed by atoms with Crippen molar-refractivity contribution in [3.63, 3.8) is 0 Å². The Hall–Kier alpha value is -1.58. The maximum atomic E-state index is 5.75. The van der Waals surface area contributed by atoms with Gasteiger partial charge in [0.25, 0.3) is 0 Å². The number of rotatable bonds is 5. The lowest BCUT2D eigenvalue weighted by molar-refractivity contribution is 0.494. The van der Waals surface area contributed by atoms with Crippen molar-refractivity contribution in [3.8, 4) is 0 Å². The summed E-state index contributed by atoms with van der Waals surface area (Å²) in [5.74, 6) is 1.99. The summed E-state index contributed by atoms with van der Waals surface area (Å²) < 4.78 is 7.12. The van der Waals surface area contributed by atoms with Gasteiger partial charge < -0.3 is 9.73 Å². The van der Waals surface area contributed by atoms with Crippen LogP contribution in [0, 0.1) is 13.8 Å². The number of fused-ring (bicyclic) bond motifs is 1. The van der Waals surface area contributed by atoms with Crippen LogP contribution < -0.4 is 5.32 Å². The van der Waals surface area contributed by atoms with Crippen molar-refractivity contribution < 1.29 is 4.42 Å². The minimum absolute atomic E-state index is 0.199. The molecule has 0 aliphatic heterocycles. The number of thiophene rings is 1. The molecule has 3 rings (SSSR count). The molecule has 0 saturated heterocycles. The van der Waals surface area contributed by atoms with Crippen molar-refractivity contribution in [2.24, 2.45) is 0 Å². The fraction of sp³-hybridized carbons (Fsp3) is 0.333. The topological polar surface area (TPSA) is 25.2 Å². The van der Waals surface area contributed by atoms with Crippen LogP contribution in [0.1, 0.15) is 42.0 Å². The first-order chi connectivity index (χ1) is 10.2. The fourth-order valence-electron chi connectivity index (χ4n) is 2.86. The lowest BCUT2D eigenvalue weighted by atomic mass is 9.97. The first-order valence-electron chi connectivity index (χ1n) is 7.47. The van der Waals surface area contributed by atoms with Gasteiger partial charge in [-0.05, 0) is 55.3 Å². The van der Waals surface area contributed by atoms with Gasteiger partial charge >= 0.3 is 0 Å². The van der Waals surface area contributed by atoms with Gasteiger partial charge in [0.1, 0.15) is 11.5 Å². The quantitative estimate of drug-likeness (QED) is 0.700. The number of aryl methyl sites for hydroxylation is 2. The van der Waals surface area contributed by atoms with Gasteiger partial charge in [0.15, 0.2) is 0 Å². The second-order valence-corrected chi connectivity index (χ2v) is 6.36. The van der Waals surface area contributed by atoms with E-state index in [-0.39, 0.29) is 6.04 Å². The summed E-state index contributed by atoms with van der Waals surface area (Å²) in [6, 6.07) is 11.1. The Labute approximate surface area is 129 Å². The molecule has 3 aromatic rings. The summed E-state index contributed by atoms with van der Waals surface area (Å²) in [6.45, 7) is 7.26. The molecule has 2 heterocycles. The molecule has 1 unspecified atom stereocenters. The molecule has 1 N–H and O–H groups in total. The lowest BCUT2D eigenvalue weighted by Crippen LogP contribution is -2.23. The molecule has 0 spiro atoms. The van der Waals surface area contributed by atoms with E-state index in [9.17, 15) is 0 Å². The van der Waals surface area contributed by atoms with Gasteiger partial charge in [-0.3, -0.25) is 0 Å². The SMILES string of the molecule is CCCNC(c1cc(C)oc1C)c1cccc2ccsc12. The number of nitrogens with one attached hydrogen (secondary N) is 1. The van der Waals surface area contributed by atoms with Gasteiger partial charge in [-0.25, -0.2) is 0 Å². The third-order valence-electron chi connectivity index (χ3n) is 3.81. The van der Waals surface area contributed by atoms with Crippen LogP contribution in [0.5, 0.6) is 0 Å². The van der Waals surface area contributed by atoms with E-state index >= 15 is 0 Å². The van der Waals surface area contributed by atoms with Crippen molar-refractivity contribution in [1.82, 2.24) is 5.32 Å². The summed E-state index contributed by atoms with van der Waals surface area (Å²) >= 11 is 1.81. The summed E-state index contributed by atoms with van der Waals surface area (Å²) in [7, 11) is 0. The monoisotopic (exact) mass is 299 g/mol. The maximum absolute atomic E-state index is 5.75. The third kappa shape index (κ3) is 2.76. The highest BCUT2D eigenvalue weighted by molar-refractivity contribution is 7.17. The van der Waals surface area contributed by atoms with Gasteiger partial charge in [0.05, 0.1) is 6.04 Å². The normalized spacial score (nSPS) is 12.9. The van der Waals surface area contributed by atoms with Crippen LogP contribution in [0.3, 0.4) is 0 Å². The highest BCUT2D eigenvalue weighted by Crippen LogP contribution is 2.34. The van der Waals surface area contributed by atoms with Crippen LogP contribution in [0.4, 0.5) is 0 Å². The van der Waals surface area contributed by atoms with Crippen molar-refractivity contribution in [1.29, 1.82) is 0 Å². The molecule has 2 nitrogen and oxygen atoms in total. The number of hydrogen-bond donors (Lipinski definition) is 1. The average Bonchev–Trinajstić information content (AvgIpc) is 3.06. The Kier molecular flexibility index (Phi) is 4.13. The first-order valence-corrected chi connectivity index (χ1v) is 8.35. The molecule has 0 aliphatic rings. The molecule has 110 valence electrons. The second kappa shape index (κ2) is 6.04. The second-order valence-electron chi connectivity index (χ2n) is 5.44. The van der Waals surface area contributed by atoms with Crippen molar-refractivity contribution in [3.05, 3.63) is 58.4 Å². The largest absolute Gasteiger partial charge is 0.466 e. The van der Waals surface area contributed by atoms with Gasteiger partial charge in [-0.15, -0.1) is 11.3 Å². The van der Waals surface area contributed by atoms with Gasteiger partial charge in [-0.2, -0.15) is 0 Å². The van der Waals surface area contributed by atoms with E-state index < -0.39 is 0 Å². The van der Waals surface area contributed by atoms with E-state index in [0.29, 0.717) is 0 Å². The van der Waals surface area contributed by atoms with Gasteiger partial charge in [0, 0.05) is 10.3 Å². The summed E-state index contributed by atoms with van der Waals surface area (Å²) in [4.78, 5) is 0. The zero-order chi connectivity index (χ0) is 14.8. The molecule has 0 aliphatic carbocycles. The Morgan fingerprint density at radius 2 is 2.05 bits per heavy atom. The molecule has 0 radical (unpaired) electrons. The van der Waals surface area contributed by atoms with Crippen LogP contribution in [0.2, 0.25) is 0 Å². The lowest BCUT2D eigenvalue weighted by Gasteiger charge is -2.19. The van der Waals surface area contributed by atoms with E-state index in [1.165, 1.54) is 21.2 Å². The molecule has 3 heteroatoms. The Morgan fingerprint density at radius 3 is 2.76 bits per heavy atom. The first kappa shape index (κ1) is 14.4. The van der Waals surface area contributed by atoms with Crippen molar-refractivity contribution >= 4 is 21.4 Å². The molecule has 2 aromatic heterocycles. The van der Waals surface area contributed by atoms with Crippen LogP contribution in [-0.2, 0) is 0 Å². The predicted octanol–water partition coefficient (Wildman–Crippen LogP) is 5.20. The molecule has 0 amide bonds. The zero-order valence-corrected chi connectivity index (χ0v) is 13.6. The number of furan rings is 1. The highest BCUT2D eigenvalue weighted by atomic mass is 32.1. The summed E-state index contributed by atoms with van der Waals surface area (Å²) in [6.07, 6.45) is 1.12. The number of hydrogen-bond acceptors (Lipinski definition) is 3.